The van der Waals surface area contributed by atoms with Crippen LogP contribution in [0.2, 0.25) is 0 Å². The second kappa shape index (κ2) is 9.82. The number of hydrogen-bond donors (Lipinski definition) is 2. The topological polar surface area (TPSA) is 66.5 Å². The number of nitrogens with one attached hydrogen (secondary N) is 2. The Morgan fingerprint density at radius 1 is 1.33 bits per heavy atom. The van der Waals surface area contributed by atoms with E-state index in [1.165, 1.54) is 16.2 Å². The number of anilines is 2. The first-order valence-electron chi connectivity index (χ1n) is 9.48. The van der Waals surface area contributed by atoms with E-state index >= 15 is 0 Å². The van der Waals surface area contributed by atoms with Crippen LogP contribution in [0.25, 0.3) is 0 Å². The molecule has 0 saturated carbocycles. The Balaban J connectivity index is 1.46. The number of benzene rings is 1. The molecule has 0 unspecified atom stereocenters. The summed E-state index contributed by atoms with van der Waals surface area (Å²) in [5.74, 6) is 0.387. The minimum atomic E-state index is -0.0369. The number of rotatable bonds is 8. The summed E-state index contributed by atoms with van der Waals surface area (Å²) in [6, 6.07) is 8.05. The predicted octanol–water partition coefficient (Wildman–Crippen LogP) is 3.19. The lowest BCUT2D eigenvalue weighted by molar-refractivity contribution is -0.115. The maximum Gasteiger partial charge on any atom is 0.230 e. The molecule has 0 spiro atoms. The highest BCUT2D eigenvalue weighted by atomic mass is 32.1. The molecule has 1 amide bonds. The molecule has 0 bridgehead atoms. The van der Waals surface area contributed by atoms with Gasteiger partial charge in [0.15, 0.2) is 5.13 Å². The highest BCUT2D eigenvalue weighted by Gasteiger charge is 2.11. The van der Waals surface area contributed by atoms with Crippen molar-refractivity contribution in [3.8, 4) is 0 Å². The minimum Gasteiger partial charge on any atom is -0.384 e. The number of amides is 1. The Morgan fingerprint density at radius 2 is 2.15 bits per heavy atom. The third-order valence-corrected chi connectivity index (χ3v) is 5.70. The van der Waals surface area contributed by atoms with Crippen molar-refractivity contribution in [3.05, 3.63) is 40.9 Å². The summed E-state index contributed by atoms with van der Waals surface area (Å²) in [5.41, 5.74) is 2.04. The first kappa shape index (κ1) is 19.8. The van der Waals surface area contributed by atoms with E-state index in [1.807, 2.05) is 30.5 Å². The van der Waals surface area contributed by atoms with Gasteiger partial charge in [-0.15, -0.1) is 11.3 Å². The molecule has 1 saturated heterocycles. The third-order valence-electron chi connectivity index (χ3n) is 4.49. The molecule has 0 aliphatic carbocycles. The van der Waals surface area contributed by atoms with Crippen LogP contribution in [0, 0.1) is 0 Å². The van der Waals surface area contributed by atoms with Gasteiger partial charge in [-0.25, -0.2) is 4.98 Å². The highest BCUT2D eigenvalue weighted by molar-refractivity contribution is 7.15. The molecule has 0 atom stereocenters. The molecule has 27 heavy (non-hydrogen) atoms. The molecule has 0 radical (unpaired) electrons. The Labute approximate surface area is 164 Å². The average molecular weight is 389 g/mol. The largest absolute Gasteiger partial charge is 0.384 e. The lowest BCUT2D eigenvalue weighted by atomic mass is 10.1. The summed E-state index contributed by atoms with van der Waals surface area (Å²) in [5, 5.41) is 7.02. The molecule has 1 aromatic carbocycles. The molecule has 1 aliphatic rings. The van der Waals surface area contributed by atoms with E-state index in [0.717, 1.165) is 50.6 Å². The third kappa shape index (κ3) is 6.30. The fourth-order valence-corrected chi connectivity index (χ4v) is 3.77. The molecule has 1 fully saturated rings. The summed E-state index contributed by atoms with van der Waals surface area (Å²) in [4.78, 5) is 20.2. The summed E-state index contributed by atoms with van der Waals surface area (Å²) in [6.45, 7) is 9.76. The van der Waals surface area contributed by atoms with Crippen molar-refractivity contribution in [1.82, 2.24) is 9.88 Å². The van der Waals surface area contributed by atoms with E-state index in [1.54, 1.807) is 0 Å². The summed E-state index contributed by atoms with van der Waals surface area (Å²) in [7, 11) is 0. The fourth-order valence-electron chi connectivity index (χ4n) is 2.93. The van der Waals surface area contributed by atoms with Gasteiger partial charge >= 0.3 is 0 Å². The van der Waals surface area contributed by atoms with Crippen LogP contribution in [0.3, 0.4) is 0 Å². The molecule has 1 aromatic heterocycles. The number of hydrogen-bond acceptors (Lipinski definition) is 6. The Morgan fingerprint density at radius 3 is 2.89 bits per heavy atom. The zero-order valence-corrected chi connectivity index (χ0v) is 16.8. The molecular weight excluding hydrogens is 360 g/mol. The second-order valence-electron chi connectivity index (χ2n) is 7.03. The van der Waals surface area contributed by atoms with Crippen LogP contribution in [-0.2, 0) is 16.0 Å². The van der Waals surface area contributed by atoms with Crippen LogP contribution >= 0.6 is 11.3 Å². The Bertz CT molecular complexity index is 741. The SMILES string of the molecule is CC(C)c1cnc(NC(=O)Cc2cccc(NCCN3CCOCC3)c2)s1. The number of aromatic nitrogens is 1. The van der Waals surface area contributed by atoms with Gasteiger partial charge in [0.05, 0.1) is 19.6 Å². The second-order valence-corrected chi connectivity index (χ2v) is 8.09. The molecule has 6 nitrogen and oxygen atoms in total. The lowest BCUT2D eigenvalue weighted by Gasteiger charge is -2.26. The maximum absolute atomic E-state index is 12.3. The van der Waals surface area contributed by atoms with Gasteiger partial charge in [-0.2, -0.15) is 0 Å². The van der Waals surface area contributed by atoms with E-state index in [0.29, 0.717) is 17.5 Å². The van der Waals surface area contributed by atoms with Gasteiger partial charge in [-0.3, -0.25) is 9.69 Å². The first-order valence-corrected chi connectivity index (χ1v) is 10.3. The van der Waals surface area contributed by atoms with Crippen LogP contribution in [0.15, 0.2) is 30.5 Å². The van der Waals surface area contributed by atoms with Gasteiger partial charge in [-0.05, 0) is 23.6 Å². The number of ether oxygens (including phenoxy) is 1. The normalized spacial score (nSPS) is 15.1. The monoisotopic (exact) mass is 388 g/mol. The zero-order valence-electron chi connectivity index (χ0n) is 16.0. The average Bonchev–Trinajstić information content (AvgIpc) is 3.11. The summed E-state index contributed by atoms with van der Waals surface area (Å²) >= 11 is 1.54. The predicted molar refractivity (Wildman–Crippen MR) is 111 cm³/mol. The number of nitrogens with zero attached hydrogens (tertiary/aromatic N) is 2. The van der Waals surface area contributed by atoms with E-state index < -0.39 is 0 Å². The number of thiazole rings is 1. The summed E-state index contributed by atoms with van der Waals surface area (Å²) in [6.07, 6.45) is 2.18. The highest BCUT2D eigenvalue weighted by Crippen LogP contribution is 2.25. The van der Waals surface area contributed by atoms with E-state index in [-0.39, 0.29) is 5.91 Å². The number of morpholine rings is 1. The molecule has 1 aliphatic heterocycles. The standard InChI is InChI=1S/C20H28N4O2S/c1-15(2)18-14-22-20(27-18)23-19(25)13-16-4-3-5-17(12-16)21-6-7-24-8-10-26-11-9-24/h3-5,12,14-15,21H,6-11,13H2,1-2H3,(H,22,23,25). The summed E-state index contributed by atoms with van der Waals surface area (Å²) < 4.78 is 5.37. The zero-order chi connectivity index (χ0) is 19.1. The maximum atomic E-state index is 12.3. The number of carbonyl (C=O) groups is 1. The molecular formula is C20H28N4O2S. The van der Waals surface area contributed by atoms with Crippen molar-refractivity contribution in [2.75, 3.05) is 50.0 Å². The first-order chi connectivity index (χ1) is 13.1. The van der Waals surface area contributed by atoms with E-state index in [4.69, 9.17) is 4.74 Å². The van der Waals surface area contributed by atoms with Crippen molar-refractivity contribution in [1.29, 1.82) is 0 Å². The van der Waals surface area contributed by atoms with E-state index in [9.17, 15) is 4.79 Å². The van der Waals surface area contributed by atoms with Gasteiger partial charge in [-0.1, -0.05) is 26.0 Å². The smallest absolute Gasteiger partial charge is 0.230 e. The van der Waals surface area contributed by atoms with Gasteiger partial charge in [0.1, 0.15) is 0 Å². The van der Waals surface area contributed by atoms with Gasteiger partial charge < -0.3 is 15.4 Å². The van der Waals surface area contributed by atoms with Gasteiger partial charge in [0.25, 0.3) is 0 Å². The van der Waals surface area contributed by atoms with Crippen LogP contribution in [0.4, 0.5) is 10.8 Å². The van der Waals surface area contributed by atoms with Crippen molar-refractivity contribution >= 4 is 28.1 Å². The van der Waals surface area contributed by atoms with Crippen LogP contribution in [0.5, 0.6) is 0 Å². The quantitative estimate of drug-likeness (QED) is 0.727. The van der Waals surface area contributed by atoms with Crippen molar-refractivity contribution in [3.63, 3.8) is 0 Å². The molecule has 146 valence electrons. The van der Waals surface area contributed by atoms with Gasteiger partial charge in [0.2, 0.25) is 5.91 Å². The molecule has 3 rings (SSSR count). The Hall–Kier alpha value is -1.96. The van der Waals surface area contributed by atoms with E-state index in [2.05, 4.69) is 34.4 Å². The fraction of sp³-hybridized carbons (Fsp3) is 0.500. The lowest BCUT2D eigenvalue weighted by Crippen LogP contribution is -2.39. The van der Waals surface area contributed by atoms with Crippen molar-refractivity contribution < 1.29 is 9.53 Å². The van der Waals surface area contributed by atoms with Crippen molar-refractivity contribution in [2.24, 2.45) is 0 Å². The molecule has 2 heterocycles. The minimum absolute atomic E-state index is 0.0369. The van der Waals surface area contributed by atoms with Crippen molar-refractivity contribution in [2.45, 2.75) is 26.2 Å². The van der Waals surface area contributed by atoms with Crippen LogP contribution in [-0.4, -0.2) is 55.2 Å². The van der Waals surface area contributed by atoms with Crippen LogP contribution in [0.1, 0.15) is 30.2 Å². The van der Waals surface area contributed by atoms with Gasteiger partial charge in [0, 0.05) is 42.9 Å². The molecule has 2 N–H and O–H groups in total. The number of carbonyl (C=O) groups excluding carboxylic acids is 1. The molecule has 2 aromatic rings. The van der Waals surface area contributed by atoms with Crippen LogP contribution < -0.4 is 10.6 Å². The Kier molecular flexibility index (Phi) is 7.20. The molecule has 7 heteroatoms.